The lowest BCUT2D eigenvalue weighted by Gasteiger charge is -2.19. The molecule has 0 fully saturated rings. The Bertz CT molecular complexity index is 1230. The Morgan fingerprint density at radius 3 is 1.79 bits per heavy atom. The van der Waals surface area contributed by atoms with Gasteiger partial charge in [-0.25, -0.2) is 8.42 Å². The summed E-state index contributed by atoms with van der Waals surface area (Å²) in [5, 5.41) is -0.217. The Balaban J connectivity index is 2.15. The van der Waals surface area contributed by atoms with Gasteiger partial charge in [0.15, 0.2) is 11.9 Å². The molecule has 208 valence electrons. The average Bonchev–Trinajstić information content (AvgIpc) is 2.83. The fourth-order valence-electron chi connectivity index (χ4n) is 2.95. The first-order chi connectivity index (χ1) is 17.8. The monoisotopic (exact) mass is 610 g/mol. The van der Waals surface area contributed by atoms with Gasteiger partial charge in [-0.1, -0.05) is 23.2 Å². The predicted octanol–water partition coefficient (Wildman–Crippen LogP) is 4.25. The van der Waals surface area contributed by atoms with Gasteiger partial charge in [0.05, 0.1) is 25.7 Å². The lowest BCUT2D eigenvalue weighted by molar-refractivity contribution is -0.158. The number of sulfone groups is 1. The van der Waals surface area contributed by atoms with Gasteiger partial charge in [0.1, 0.15) is 31.7 Å². The second kappa shape index (κ2) is 14.4. The van der Waals surface area contributed by atoms with Crippen molar-refractivity contribution in [1.29, 1.82) is 0 Å². The van der Waals surface area contributed by atoms with E-state index in [1.165, 1.54) is 57.2 Å². The molecule has 0 spiro atoms. The first-order valence-electron chi connectivity index (χ1n) is 11.0. The van der Waals surface area contributed by atoms with E-state index in [0.29, 0.717) is 5.75 Å². The van der Waals surface area contributed by atoms with Crippen LogP contribution in [0.2, 0.25) is 10.0 Å². The van der Waals surface area contributed by atoms with Crippen LogP contribution in [0.25, 0.3) is 0 Å². The van der Waals surface area contributed by atoms with Crippen molar-refractivity contribution in [2.45, 2.75) is 42.8 Å². The molecule has 0 saturated carbocycles. The Kier molecular flexibility index (Phi) is 12.0. The van der Waals surface area contributed by atoms with Gasteiger partial charge in [-0.05, 0) is 36.4 Å². The van der Waals surface area contributed by atoms with Gasteiger partial charge in [-0.3, -0.25) is 14.4 Å². The average molecular weight is 612 g/mol. The third kappa shape index (κ3) is 9.54. The molecule has 38 heavy (non-hydrogen) atoms. The van der Waals surface area contributed by atoms with Crippen molar-refractivity contribution in [3.63, 3.8) is 0 Å². The lowest BCUT2D eigenvalue weighted by atomic mass is 10.3. The van der Waals surface area contributed by atoms with Crippen molar-refractivity contribution in [1.82, 2.24) is 0 Å². The SMILES string of the molecule is CC(=O)OCC(COc1c(Cl)cc(S(=O)(=O)c2ccc(OCC(CCl)OC(C)=O)cc2)cc1Cl)OC(C)=O. The molecule has 2 unspecified atom stereocenters. The maximum absolute atomic E-state index is 13.2. The number of benzene rings is 2. The maximum Gasteiger partial charge on any atom is 0.303 e. The molecule has 0 aliphatic heterocycles. The minimum absolute atomic E-state index is 0.0129. The summed E-state index contributed by atoms with van der Waals surface area (Å²) in [7, 11) is -4.03. The topological polar surface area (TPSA) is 132 Å². The van der Waals surface area contributed by atoms with Crippen molar-refractivity contribution in [2.24, 2.45) is 0 Å². The van der Waals surface area contributed by atoms with Gasteiger partial charge in [0.2, 0.25) is 9.84 Å². The van der Waals surface area contributed by atoms with E-state index in [0.717, 1.165) is 0 Å². The molecule has 0 amide bonds. The van der Waals surface area contributed by atoms with E-state index in [4.69, 9.17) is 58.5 Å². The summed E-state index contributed by atoms with van der Waals surface area (Å²) in [6, 6.07) is 7.86. The third-order valence-electron chi connectivity index (χ3n) is 4.58. The minimum atomic E-state index is -4.03. The van der Waals surface area contributed by atoms with Gasteiger partial charge >= 0.3 is 17.9 Å². The predicted molar refractivity (Wildman–Crippen MR) is 138 cm³/mol. The molecule has 0 heterocycles. The van der Waals surface area contributed by atoms with E-state index < -0.39 is 40.0 Å². The van der Waals surface area contributed by atoms with Crippen LogP contribution in [0.5, 0.6) is 11.5 Å². The van der Waals surface area contributed by atoms with Crippen LogP contribution in [0.3, 0.4) is 0 Å². The normalized spacial score (nSPS) is 12.7. The van der Waals surface area contributed by atoms with Crippen LogP contribution in [0.4, 0.5) is 0 Å². The number of esters is 3. The molecule has 2 aromatic carbocycles. The molecular weight excluding hydrogens is 587 g/mol. The number of carbonyl (C=O) groups excluding carboxylic acids is 3. The Labute approximate surface area is 234 Å². The second-order valence-electron chi connectivity index (χ2n) is 7.73. The van der Waals surface area contributed by atoms with Crippen molar-refractivity contribution >= 4 is 62.5 Å². The van der Waals surface area contributed by atoms with Crippen molar-refractivity contribution in [3.05, 3.63) is 46.4 Å². The van der Waals surface area contributed by atoms with Gasteiger partial charge < -0.3 is 23.7 Å². The number of rotatable bonds is 13. The van der Waals surface area contributed by atoms with E-state index in [-0.39, 0.29) is 51.3 Å². The highest BCUT2D eigenvalue weighted by Crippen LogP contribution is 2.37. The minimum Gasteiger partial charge on any atom is -0.490 e. The van der Waals surface area contributed by atoms with Gasteiger partial charge in [0, 0.05) is 20.8 Å². The fourth-order valence-corrected chi connectivity index (χ4v) is 5.14. The standard InChI is InChI=1S/C24H25Cl3O10S/c1-14(28)33-12-19(37-16(3)30)13-35-24-22(26)8-21(9-23(24)27)38(31,32)20-6-4-17(5-7-20)34-11-18(10-25)36-15(2)29/h4-9,18-19H,10-13H2,1-3H3. The number of hydrogen-bond donors (Lipinski definition) is 0. The summed E-state index contributed by atoms with van der Waals surface area (Å²) >= 11 is 18.3. The van der Waals surface area contributed by atoms with Crippen molar-refractivity contribution in [3.8, 4) is 11.5 Å². The summed E-state index contributed by atoms with van der Waals surface area (Å²) in [6.45, 7) is 3.10. The van der Waals surface area contributed by atoms with Gasteiger partial charge in [0.25, 0.3) is 0 Å². The summed E-state index contributed by atoms with van der Waals surface area (Å²) in [5.74, 6) is -1.37. The summed E-state index contributed by atoms with van der Waals surface area (Å²) in [4.78, 5) is 33.2. The number of alkyl halides is 1. The highest BCUT2D eigenvalue weighted by atomic mass is 35.5. The zero-order chi connectivity index (χ0) is 28.5. The highest BCUT2D eigenvalue weighted by molar-refractivity contribution is 7.91. The molecule has 0 aliphatic carbocycles. The molecular formula is C24H25Cl3O10S. The number of carbonyl (C=O) groups is 3. The fraction of sp³-hybridized carbons (Fsp3) is 0.375. The first kappa shape index (κ1) is 31.5. The Morgan fingerprint density at radius 1 is 0.763 bits per heavy atom. The molecule has 0 radical (unpaired) electrons. The van der Waals surface area contributed by atoms with E-state index >= 15 is 0 Å². The lowest BCUT2D eigenvalue weighted by Crippen LogP contribution is -2.30. The van der Waals surface area contributed by atoms with Gasteiger partial charge in [-0.15, -0.1) is 11.6 Å². The van der Waals surface area contributed by atoms with Crippen LogP contribution >= 0.6 is 34.8 Å². The zero-order valence-corrected chi connectivity index (χ0v) is 23.7. The second-order valence-corrected chi connectivity index (χ2v) is 10.8. The Hall–Kier alpha value is -2.73. The van der Waals surface area contributed by atoms with Crippen LogP contribution in [-0.2, 0) is 38.4 Å². The van der Waals surface area contributed by atoms with E-state index in [1.54, 1.807) is 0 Å². The van der Waals surface area contributed by atoms with Crippen LogP contribution in [0.1, 0.15) is 20.8 Å². The molecule has 0 N–H and O–H groups in total. The molecule has 2 rings (SSSR count). The van der Waals surface area contributed by atoms with Crippen LogP contribution in [0, 0.1) is 0 Å². The van der Waals surface area contributed by atoms with Crippen molar-refractivity contribution in [2.75, 3.05) is 25.7 Å². The number of halogens is 3. The summed E-state index contributed by atoms with van der Waals surface area (Å²) in [5.41, 5.74) is 0. The molecule has 14 heteroatoms. The van der Waals surface area contributed by atoms with Crippen molar-refractivity contribution < 1.29 is 46.5 Å². The van der Waals surface area contributed by atoms with Crippen LogP contribution in [-0.4, -0.2) is 64.2 Å². The molecule has 0 saturated heterocycles. The number of hydrogen-bond acceptors (Lipinski definition) is 10. The molecule has 0 bridgehead atoms. The largest absolute Gasteiger partial charge is 0.490 e. The van der Waals surface area contributed by atoms with Gasteiger partial charge in [-0.2, -0.15) is 0 Å². The quantitative estimate of drug-likeness (QED) is 0.184. The number of ether oxygens (including phenoxy) is 5. The first-order valence-corrected chi connectivity index (χ1v) is 13.7. The molecule has 2 atom stereocenters. The molecule has 0 aromatic heterocycles. The third-order valence-corrected chi connectivity index (χ3v) is 7.23. The molecule has 2 aromatic rings. The summed E-state index contributed by atoms with van der Waals surface area (Å²) in [6.07, 6.45) is -1.60. The van der Waals surface area contributed by atoms with E-state index in [2.05, 4.69) is 0 Å². The molecule has 0 aliphatic rings. The smallest absolute Gasteiger partial charge is 0.303 e. The highest BCUT2D eigenvalue weighted by Gasteiger charge is 2.23. The zero-order valence-electron chi connectivity index (χ0n) is 20.6. The van der Waals surface area contributed by atoms with Crippen LogP contribution < -0.4 is 9.47 Å². The van der Waals surface area contributed by atoms with Crippen LogP contribution in [0.15, 0.2) is 46.2 Å². The van der Waals surface area contributed by atoms with E-state index in [1.807, 2.05) is 0 Å². The summed E-state index contributed by atoms with van der Waals surface area (Å²) < 4.78 is 52.2. The maximum atomic E-state index is 13.2. The van der Waals surface area contributed by atoms with E-state index in [9.17, 15) is 22.8 Å². The molecule has 10 nitrogen and oxygen atoms in total. The Morgan fingerprint density at radius 2 is 1.29 bits per heavy atom.